The second-order valence-corrected chi connectivity index (χ2v) is 10.5. The molecule has 6 heteroatoms. The van der Waals surface area contributed by atoms with Crippen LogP contribution in [0.3, 0.4) is 0 Å². The summed E-state index contributed by atoms with van der Waals surface area (Å²) in [6, 6.07) is 24.4. The van der Waals surface area contributed by atoms with Gasteiger partial charge in [-0.05, 0) is 61.7 Å². The number of benzene rings is 3. The second-order valence-electron chi connectivity index (χ2n) is 9.62. The molecular weight excluding hydrogens is 504 g/mol. The Morgan fingerprint density at radius 1 is 0.914 bits per heavy atom. The number of halogens is 1. The number of hydrogen-bond donors (Lipinski definition) is 1. The highest BCUT2D eigenvalue weighted by molar-refractivity contribution is 9.10. The lowest BCUT2D eigenvalue weighted by Crippen LogP contribution is -2.54. The standard InChI is InChI=1S/C29H33BrN2O3/c1-29(2,3)31-28(34)26(18-21-9-6-5-7-10-21)32(20-23-11-8-12-24(30)17-23)27(33)19-22-13-15-25(35-4)16-14-22/h5-17,26H,18-20H2,1-4H3,(H,31,34)/t26-/m0/s1. The molecule has 0 saturated carbocycles. The molecule has 3 rings (SSSR count). The van der Waals surface area contributed by atoms with Crippen LogP contribution in [-0.2, 0) is 29.0 Å². The molecular formula is C29H33BrN2O3. The summed E-state index contributed by atoms with van der Waals surface area (Å²) in [6.07, 6.45) is 0.608. The Morgan fingerprint density at radius 3 is 2.17 bits per heavy atom. The largest absolute Gasteiger partial charge is 0.497 e. The highest BCUT2D eigenvalue weighted by atomic mass is 79.9. The lowest BCUT2D eigenvalue weighted by molar-refractivity contribution is -0.141. The van der Waals surface area contributed by atoms with Crippen LogP contribution in [-0.4, -0.2) is 35.4 Å². The summed E-state index contributed by atoms with van der Waals surface area (Å²) >= 11 is 3.52. The molecule has 2 amide bonds. The number of nitrogens with one attached hydrogen (secondary N) is 1. The predicted molar refractivity (Wildman–Crippen MR) is 143 cm³/mol. The molecule has 3 aromatic carbocycles. The van der Waals surface area contributed by atoms with E-state index in [1.165, 1.54) is 0 Å². The summed E-state index contributed by atoms with van der Waals surface area (Å²) in [6.45, 7) is 6.16. The van der Waals surface area contributed by atoms with Gasteiger partial charge in [-0.3, -0.25) is 9.59 Å². The molecule has 0 fully saturated rings. The van der Waals surface area contributed by atoms with E-state index in [0.29, 0.717) is 13.0 Å². The number of amides is 2. The van der Waals surface area contributed by atoms with Gasteiger partial charge in [0.1, 0.15) is 11.8 Å². The summed E-state index contributed by atoms with van der Waals surface area (Å²) in [5, 5.41) is 3.09. The SMILES string of the molecule is COc1ccc(CC(=O)N(Cc2cccc(Br)c2)[C@@H](Cc2ccccc2)C(=O)NC(C)(C)C)cc1. The van der Waals surface area contributed by atoms with Crippen molar-refractivity contribution in [3.8, 4) is 5.75 Å². The zero-order valence-corrected chi connectivity index (χ0v) is 22.3. The number of nitrogens with zero attached hydrogens (tertiary/aromatic N) is 1. The minimum atomic E-state index is -0.665. The van der Waals surface area contributed by atoms with Crippen molar-refractivity contribution in [2.24, 2.45) is 0 Å². The minimum absolute atomic E-state index is 0.111. The maximum Gasteiger partial charge on any atom is 0.243 e. The molecule has 0 spiro atoms. The summed E-state index contributed by atoms with van der Waals surface area (Å²) in [4.78, 5) is 29.0. The molecule has 0 aliphatic carbocycles. The van der Waals surface area contributed by atoms with Crippen molar-refractivity contribution >= 4 is 27.7 Å². The van der Waals surface area contributed by atoms with Gasteiger partial charge in [0, 0.05) is 23.0 Å². The molecule has 184 valence electrons. The third-order valence-corrected chi connectivity index (χ3v) is 6.02. The highest BCUT2D eigenvalue weighted by Crippen LogP contribution is 2.20. The van der Waals surface area contributed by atoms with Crippen LogP contribution in [0.1, 0.15) is 37.5 Å². The zero-order valence-electron chi connectivity index (χ0n) is 20.8. The third kappa shape index (κ3) is 8.25. The van der Waals surface area contributed by atoms with Crippen LogP contribution >= 0.6 is 15.9 Å². The Hall–Kier alpha value is -3.12. The van der Waals surface area contributed by atoms with Crippen LogP contribution in [0, 0.1) is 0 Å². The molecule has 5 nitrogen and oxygen atoms in total. The summed E-state index contributed by atoms with van der Waals surface area (Å²) in [5.74, 6) is 0.457. The van der Waals surface area contributed by atoms with E-state index < -0.39 is 11.6 Å². The van der Waals surface area contributed by atoms with Gasteiger partial charge in [0.05, 0.1) is 13.5 Å². The fraction of sp³-hybridized carbons (Fsp3) is 0.310. The van der Waals surface area contributed by atoms with Gasteiger partial charge in [0.2, 0.25) is 11.8 Å². The lowest BCUT2D eigenvalue weighted by atomic mass is 10.00. The molecule has 0 aromatic heterocycles. The number of hydrogen-bond acceptors (Lipinski definition) is 3. The minimum Gasteiger partial charge on any atom is -0.497 e. The van der Waals surface area contributed by atoms with Crippen molar-refractivity contribution < 1.29 is 14.3 Å². The summed E-state index contributed by atoms with van der Waals surface area (Å²) in [7, 11) is 1.61. The van der Waals surface area contributed by atoms with Gasteiger partial charge in [-0.1, -0.05) is 70.5 Å². The van der Waals surface area contributed by atoms with Crippen LogP contribution in [0.15, 0.2) is 83.3 Å². The number of carbonyl (C=O) groups is 2. The maximum atomic E-state index is 13.8. The molecule has 0 heterocycles. The summed E-state index contributed by atoms with van der Waals surface area (Å²) < 4.78 is 6.17. The molecule has 0 aliphatic heterocycles. The quantitative estimate of drug-likeness (QED) is 0.389. The van der Waals surface area contributed by atoms with Crippen molar-refractivity contribution in [3.63, 3.8) is 0 Å². The van der Waals surface area contributed by atoms with Gasteiger partial charge < -0.3 is 15.0 Å². The number of rotatable bonds is 9. The van der Waals surface area contributed by atoms with Crippen LogP contribution in [0.4, 0.5) is 0 Å². The van der Waals surface area contributed by atoms with E-state index in [1.807, 2.05) is 99.6 Å². The van der Waals surface area contributed by atoms with Crippen LogP contribution in [0.25, 0.3) is 0 Å². The first kappa shape index (κ1) is 26.5. The number of carbonyl (C=O) groups excluding carboxylic acids is 2. The van der Waals surface area contributed by atoms with Gasteiger partial charge in [0.15, 0.2) is 0 Å². The topological polar surface area (TPSA) is 58.6 Å². The molecule has 1 atom stereocenters. The lowest BCUT2D eigenvalue weighted by Gasteiger charge is -2.34. The zero-order chi connectivity index (χ0) is 25.4. The number of ether oxygens (including phenoxy) is 1. The Labute approximate surface area is 216 Å². The second kappa shape index (κ2) is 12.0. The first-order valence-electron chi connectivity index (χ1n) is 11.7. The van der Waals surface area contributed by atoms with Gasteiger partial charge in [-0.15, -0.1) is 0 Å². The van der Waals surface area contributed by atoms with Crippen molar-refractivity contribution in [2.45, 2.75) is 51.7 Å². The molecule has 0 radical (unpaired) electrons. The molecule has 1 N–H and O–H groups in total. The van der Waals surface area contributed by atoms with E-state index in [4.69, 9.17) is 4.74 Å². The van der Waals surface area contributed by atoms with Crippen molar-refractivity contribution in [1.82, 2.24) is 10.2 Å². The summed E-state index contributed by atoms with van der Waals surface area (Å²) in [5.41, 5.74) is 2.39. The van der Waals surface area contributed by atoms with Crippen LogP contribution < -0.4 is 10.1 Å². The van der Waals surface area contributed by atoms with Crippen molar-refractivity contribution in [1.29, 1.82) is 0 Å². The Morgan fingerprint density at radius 2 is 1.57 bits per heavy atom. The molecule has 3 aromatic rings. The normalized spacial score (nSPS) is 12.0. The predicted octanol–water partition coefficient (Wildman–Crippen LogP) is 5.56. The first-order chi connectivity index (χ1) is 16.6. The van der Waals surface area contributed by atoms with E-state index in [9.17, 15) is 9.59 Å². The number of methoxy groups -OCH3 is 1. The molecule has 0 aliphatic rings. The van der Waals surface area contributed by atoms with Gasteiger partial charge in [0.25, 0.3) is 0 Å². The van der Waals surface area contributed by atoms with Crippen molar-refractivity contribution in [3.05, 3.63) is 100 Å². The smallest absolute Gasteiger partial charge is 0.243 e. The third-order valence-electron chi connectivity index (χ3n) is 5.53. The van der Waals surface area contributed by atoms with Gasteiger partial charge >= 0.3 is 0 Å². The van der Waals surface area contributed by atoms with Gasteiger partial charge in [-0.2, -0.15) is 0 Å². The molecule has 35 heavy (non-hydrogen) atoms. The Kier molecular flexibility index (Phi) is 9.10. The first-order valence-corrected chi connectivity index (χ1v) is 12.5. The van der Waals surface area contributed by atoms with E-state index in [1.54, 1.807) is 12.0 Å². The van der Waals surface area contributed by atoms with E-state index in [0.717, 1.165) is 26.9 Å². The van der Waals surface area contributed by atoms with Gasteiger partial charge in [-0.25, -0.2) is 0 Å². The average Bonchev–Trinajstić information content (AvgIpc) is 2.81. The average molecular weight is 537 g/mol. The molecule has 0 saturated heterocycles. The fourth-order valence-corrected chi connectivity index (χ4v) is 4.31. The maximum absolute atomic E-state index is 13.8. The molecule has 0 unspecified atom stereocenters. The van der Waals surface area contributed by atoms with E-state index in [2.05, 4.69) is 21.2 Å². The Bertz CT molecular complexity index is 1120. The monoisotopic (exact) mass is 536 g/mol. The molecule has 0 bridgehead atoms. The van der Waals surface area contributed by atoms with Crippen LogP contribution in [0.5, 0.6) is 5.75 Å². The highest BCUT2D eigenvalue weighted by Gasteiger charge is 2.32. The fourth-order valence-electron chi connectivity index (χ4n) is 3.86. The Balaban J connectivity index is 1.97. The van der Waals surface area contributed by atoms with E-state index in [-0.39, 0.29) is 18.2 Å². The van der Waals surface area contributed by atoms with E-state index >= 15 is 0 Å². The van der Waals surface area contributed by atoms with Crippen molar-refractivity contribution in [2.75, 3.05) is 7.11 Å². The van der Waals surface area contributed by atoms with Crippen LogP contribution in [0.2, 0.25) is 0 Å².